The van der Waals surface area contributed by atoms with Crippen LogP contribution in [0.25, 0.3) is 0 Å². The van der Waals surface area contributed by atoms with Gasteiger partial charge in [0, 0.05) is 0 Å². The maximum atomic E-state index is 6.42. The fourth-order valence-corrected chi connectivity index (χ4v) is 4.50. The molecule has 2 aromatic carbocycles. The lowest BCUT2D eigenvalue weighted by atomic mass is 9.75. The minimum absolute atomic E-state index is 0.0271. The van der Waals surface area contributed by atoms with Crippen molar-refractivity contribution in [2.45, 2.75) is 66.5 Å². The van der Waals surface area contributed by atoms with Crippen molar-refractivity contribution in [3.05, 3.63) is 71.8 Å². The molecule has 2 aromatic rings. The van der Waals surface area contributed by atoms with Gasteiger partial charge in [-0.15, -0.1) is 0 Å². The van der Waals surface area contributed by atoms with E-state index in [1.165, 1.54) is 11.1 Å². The van der Waals surface area contributed by atoms with E-state index in [-0.39, 0.29) is 22.9 Å². The summed E-state index contributed by atoms with van der Waals surface area (Å²) in [6.45, 7) is 14.5. The highest BCUT2D eigenvalue weighted by molar-refractivity contribution is 6.07. The summed E-state index contributed by atoms with van der Waals surface area (Å²) >= 11 is 0. The van der Waals surface area contributed by atoms with E-state index in [0.29, 0.717) is 13.2 Å². The van der Waals surface area contributed by atoms with Crippen molar-refractivity contribution in [1.29, 1.82) is 0 Å². The zero-order chi connectivity index (χ0) is 23.7. The summed E-state index contributed by atoms with van der Waals surface area (Å²) < 4.78 is 12.8. The van der Waals surface area contributed by atoms with Gasteiger partial charge < -0.3 is 9.47 Å². The number of benzene rings is 2. The van der Waals surface area contributed by atoms with Crippen LogP contribution >= 0.6 is 0 Å². The molecule has 0 aliphatic carbocycles. The first-order valence-electron chi connectivity index (χ1n) is 12.1. The Labute approximate surface area is 199 Å². The molecule has 0 spiro atoms. The van der Waals surface area contributed by atoms with Crippen LogP contribution in [0.2, 0.25) is 0 Å². The third-order valence-corrected chi connectivity index (χ3v) is 6.82. The summed E-state index contributed by atoms with van der Waals surface area (Å²) in [4.78, 5) is 10.4. The third-order valence-electron chi connectivity index (χ3n) is 6.82. The molecule has 4 nitrogen and oxygen atoms in total. The van der Waals surface area contributed by atoms with Crippen molar-refractivity contribution >= 4 is 11.8 Å². The highest BCUT2D eigenvalue weighted by Crippen LogP contribution is 2.40. The van der Waals surface area contributed by atoms with Crippen molar-refractivity contribution < 1.29 is 9.47 Å². The van der Waals surface area contributed by atoms with Crippen molar-refractivity contribution in [3.63, 3.8) is 0 Å². The smallest absolute Gasteiger partial charge is 0.200 e. The van der Waals surface area contributed by atoms with Gasteiger partial charge >= 0.3 is 0 Å². The second kappa shape index (κ2) is 8.96. The van der Waals surface area contributed by atoms with Gasteiger partial charge in [0.2, 0.25) is 0 Å². The number of hydrogen-bond donors (Lipinski definition) is 0. The van der Waals surface area contributed by atoms with Gasteiger partial charge in [-0.1, -0.05) is 102 Å². The molecule has 4 rings (SSSR count). The highest BCUT2D eigenvalue weighted by Gasteiger charge is 2.50. The Kier molecular flexibility index (Phi) is 6.39. The summed E-state index contributed by atoms with van der Waals surface area (Å²) in [5, 5.41) is 0. The van der Waals surface area contributed by atoms with Crippen LogP contribution in [0.5, 0.6) is 0 Å². The lowest BCUT2D eigenvalue weighted by Crippen LogP contribution is -2.44. The number of rotatable bonds is 6. The molecule has 0 saturated heterocycles. The van der Waals surface area contributed by atoms with Crippen LogP contribution in [0.15, 0.2) is 70.6 Å². The van der Waals surface area contributed by atoms with E-state index >= 15 is 0 Å². The summed E-state index contributed by atoms with van der Waals surface area (Å²) in [5.74, 6) is 1.53. The SMILES string of the molecule is CC(C)(C)[C@@H]1COC(C(Cc2ccccc2)(Cc2ccccc2)C2=N[C@H](C(C)(C)C)CO2)=N1. The molecule has 33 heavy (non-hydrogen) atoms. The summed E-state index contributed by atoms with van der Waals surface area (Å²) in [7, 11) is 0. The topological polar surface area (TPSA) is 43.2 Å². The molecule has 176 valence electrons. The molecule has 2 atom stereocenters. The zero-order valence-electron chi connectivity index (χ0n) is 21.0. The van der Waals surface area contributed by atoms with E-state index in [0.717, 1.165) is 24.6 Å². The van der Waals surface area contributed by atoms with Crippen LogP contribution < -0.4 is 0 Å². The summed E-state index contributed by atoms with van der Waals surface area (Å²) in [6, 6.07) is 21.4. The van der Waals surface area contributed by atoms with Gasteiger partial charge in [-0.05, 0) is 34.8 Å². The van der Waals surface area contributed by atoms with Gasteiger partial charge in [-0.2, -0.15) is 0 Å². The molecule has 2 aliphatic heterocycles. The Hall–Kier alpha value is -2.62. The van der Waals surface area contributed by atoms with Crippen molar-refractivity contribution in [3.8, 4) is 0 Å². The van der Waals surface area contributed by atoms with Gasteiger partial charge in [-0.25, -0.2) is 9.98 Å². The quantitative estimate of drug-likeness (QED) is 0.534. The first kappa shape index (κ1) is 23.5. The number of ether oxygens (including phenoxy) is 2. The fourth-order valence-electron chi connectivity index (χ4n) is 4.50. The molecule has 2 aliphatic rings. The maximum Gasteiger partial charge on any atom is 0.200 e. The Balaban J connectivity index is 1.86. The molecule has 2 heterocycles. The molecule has 0 radical (unpaired) electrons. The van der Waals surface area contributed by atoms with Crippen LogP contribution in [-0.4, -0.2) is 37.1 Å². The summed E-state index contributed by atoms with van der Waals surface area (Å²) in [5.41, 5.74) is 1.93. The standard InChI is InChI=1S/C29H38N2O2/c1-27(2,3)23-19-32-25(30-23)29(17-21-13-9-7-10-14-21,18-22-15-11-8-12-16-22)26-31-24(20-33-26)28(4,5)6/h7-16,23-24H,17-20H2,1-6H3/t23-,24-/m0/s1. The molecule has 0 saturated carbocycles. The Morgan fingerprint density at radius 3 is 1.30 bits per heavy atom. The third kappa shape index (κ3) is 5.15. The van der Waals surface area contributed by atoms with E-state index in [1.54, 1.807) is 0 Å². The molecule has 0 amide bonds. The largest absolute Gasteiger partial charge is 0.478 e. The maximum absolute atomic E-state index is 6.42. The van der Waals surface area contributed by atoms with E-state index < -0.39 is 5.41 Å². The van der Waals surface area contributed by atoms with Crippen molar-refractivity contribution in [1.82, 2.24) is 0 Å². The molecule has 4 heteroatoms. The van der Waals surface area contributed by atoms with Gasteiger partial charge in [0.25, 0.3) is 0 Å². The molecule has 0 aromatic heterocycles. The van der Waals surface area contributed by atoms with Crippen molar-refractivity contribution in [2.24, 2.45) is 26.2 Å². The van der Waals surface area contributed by atoms with E-state index in [9.17, 15) is 0 Å². The first-order valence-corrected chi connectivity index (χ1v) is 12.1. The average molecular weight is 447 g/mol. The second-order valence-corrected chi connectivity index (χ2v) is 11.7. The monoisotopic (exact) mass is 446 g/mol. The Morgan fingerprint density at radius 1 is 0.636 bits per heavy atom. The van der Waals surface area contributed by atoms with Crippen LogP contribution in [0.3, 0.4) is 0 Å². The normalized spacial score (nSPS) is 21.3. The van der Waals surface area contributed by atoms with Gasteiger partial charge in [0.1, 0.15) is 18.6 Å². The van der Waals surface area contributed by atoms with Gasteiger partial charge in [0.05, 0.1) is 12.1 Å². The van der Waals surface area contributed by atoms with Crippen molar-refractivity contribution in [2.75, 3.05) is 13.2 Å². The molecule has 0 unspecified atom stereocenters. The minimum atomic E-state index is -0.581. The van der Waals surface area contributed by atoms with Crippen LogP contribution in [0.1, 0.15) is 52.7 Å². The number of aliphatic imine (C=N–C) groups is 2. The molecule has 0 bridgehead atoms. The second-order valence-electron chi connectivity index (χ2n) is 11.7. The van der Waals surface area contributed by atoms with E-state index in [1.807, 2.05) is 0 Å². The predicted octanol–water partition coefficient (Wildman–Crippen LogP) is 6.15. The highest BCUT2D eigenvalue weighted by atomic mass is 16.5. The molecular formula is C29H38N2O2. The first-order chi connectivity index (χ1) is 15.6. The number of nitrogens with zero attached hydrogens (tertiary/aromatic N) is 2. The lowest BCUT2D eigenvalue weighted by molar-refractivity contribution is 0.207. The lowest BCUT2D eigenvalue weighted by Gasteiger charge is -2.32. The minimum Gasteiger partial charge on any atom is -0.478 e. The van der Waals surface area contributed by atoms with Gasteiger partial charge in [0.15, 0.2) is 11.8 Å². The average Bonchev–Trinajstić information content (AvgIpc) is 3.45. The van der Waals surface area contributed by atoms with E-state index in [2.05, 4.69) is 102 Å². The predicted molar refractivity (Wildman–Crippen MR) is 136 cm³/mol. The van der Waals surface area contributed by atoms with Crippen LogP contribution in [-0.2, 0) is 22.3 Å². The van der Waals surface area contributed by atoms with Gasteiger partial charge in [-0.3, -0.25) is 0 Å². The fraction of sp³-hybridized carbons (Fsp3) is 0.517. The van der Waals surface area contributed by atoms with Crippen LogP contribution in [0, 0.1) is 16.2 Å². The zero-order valence-corrected chi connectivity index (χ0v) is 21.0. The summed E-state index contributed by atoms with van der Waals surface area (Å²) in [6.07, 6.45) is 1.46. The number of hydrogen-bond acceptors (Lipinski definition) is 4. The molecule has 0 N–H and O–H groups in total. The Bertz CT molecular complexity index is 914. The molecular weight excluding hydrogens is 408 g/mol. The van der Waals surface area contributed by atoms with Crippen LogP contribution in [0.4, 0.5) is 0 Å². The Morgan fingerprint density at radius 2 is 1.00 bits per heavy atom. The van der Waals surface area contributed by atoms with E-state index in [4.69, 9.17) is 19.5 Å². The molecule has 0 fully saturated rings.